The van der Waals surface area contributed by atoms with Gasteiger partial charge in [-0.2, -0.15) is 13.2 Å². The van der Waals surface area contributed by atoms with Crippen molar-refractivity contribution in [3.05, 3.63) is 41.9 Å². The van der Waals surface area contributed by atoms with Crippen molar-refractivity contribution in [2.24, 2.45) is 0 Å². The minimum Gasteiger partial charge on any atom is -0.475 e. The molecule has 1 amide bonds. The van der Waals surface area contributed by atoms with Gasteiger partial charge < -0.3 is 24.0 Å². The van der Waals surface area contributed by atoms with Gasteiger partial charge in [-0.25, -0.2) is 9.78 Å². The Bertz CT molecular complexity index is 936. The molecule has 2 fully saturated rings. The molecule has 2 atom stereocenters. The molecule has 174 valence electrons. The molecular weight excluding hydrogens is 435 g/mol. The van der Waals surface area contributed by atoms with E-state index in [1.165, 1.54) is 0 Å². The second kappa shape index (κ2) is 9.55. The summed E-state index contributed by atoms with van der Waals surface area (Å²) in [7, 11) is 0. The van der Waals surface area contributed by atoms with Crippen LogP contribution in [0, 0.1) is 6.92 Å². The van der Waals surface area contributed by atoms with Gasteiger partial charge in [0.2, 0.25) is 11.6 Å². The number of nitrogens with zero attached hydrogens (tertiary/aromatic N) is 3. The number of carboxylic acid groups (broad SMARTS) is 1. The van der Waals surface area contributed by atoms with Crippen molar-refractivity contribution in [2.45, 2.75) is 44.1 Å². The van der Waals surface area contributed by atoms with Crippen LogP contribution in [0.15, 0.2) is 35.0 Å². The number of carboxylic acids is 1. The van der Waals surface area contributed by atoms with Gasteiger partial charge in [0, 0.05) is 31.3 Å². The Kier molecular flexibility index (Phi) is 7.02. The van der Waals surface area contributed by atoms with Gasteiger partial charge in [-0.15, -0.1) is 0 Å². The molecule has 0 bridgehead atoms. The van der Waals surface area contributed by atoms with E-state index in [1.807, 2.05) is 18.2 Å². The minimum atomic E-state index is -5.08. The standard InChI is InChI=1S/C18H21N3O4.C2HF3O2/c1-13-9-15(25-20-13)17(22)21-8-4-6-18(12-21)10-14(11-23-18)24-16-5-2-3-7-19-16;3-2(4,5)1(6)7/h2-3,5,7,9,14H,4,6,8,10-12H2,1H3;(H,6,7)/t14-,18+;/m1./s1. The summed E-state index contributed by atoms with van der Waals surface area (Å²) in [6.45, 7) is 3.57. The van der Waals surface area contributed by atoms with Crippen molar-refractivity contribution in [1.82, 2.24) is 15.0 Å². The topological polar surface area (TPSA) is 115 Å². The highest BCUT2D eigenvalue weighted by atomic mass is 19.4. The van der Waals surface area contributed by atoms with Gasteiger partial charge in [0.05, 0.1) is 24.4 Å². The average Bonchev–Trinajstić information content (AvgIpc) is 3.34. The SMILES string of the molecule is Cc1cc(C(=O)N2CCC[C@]3(C[C@@H](Oc4ccccn4)CO3)C2)on1.O=C(O)C(F)(F)F. The first-order valence-corrected chi connectivity index (χ1v) is 9.82. The minimum absolute atomic E-state index is 0.0440. The summed E-state index contributed by atoms with van der Waals surface area (Å²) < 4.78 is 48.9. The van der Waals surface area contributed by atoms with Crippen LogP contribution in [0.2, 0.25) is 0 Å². The van der Waals surface area contributed by atoms with Crippen molar-refractivity contribution in [3.8, 4) is 5.88 Å². The Morgan fingerprint density at radius 3 is 2.69 bits per heavy atom. The van der Waals surface area contributed by atoms with Crippen LogP contribution in [-0.4, -0.2) is 69.6 Å². The number of aryl methyl sites for hydroxylation is 1. The van der Waals surface area contributed by atoms with Crippen LogP contribution in [0.5, 0.6) is 5.88 Å². The molecule has 0 aliphatic carbocycles. The van der Waals surface area contributed by atoms with Crippen LogP contribution in [0.25, 0.3) is 0 Å². The number of pyridine rings is 1. The lowest BCUT2D eigenvalue weighted by molar-refractivity contribution is -0.192. The highest BCUT2D eigenvalue weighted by Gasteiger charge is 2.46. The first-order chi connectivity index (χ1) is 15.1. The molecule has 32 heavy (non-hydrogen) atoms. The number of hydrogen-bond acceptors (Lipinski definition) is 7. The number of piperidine rings is 1. The lowest BCUT2D eigenvalue weighted by atomic mass is 9.89. The van der Waals surface area contributed by atoms with Crippen LogP contribution in [0.1, 0.15) is 35.5 Å². The van der Waals surface area contributed by atoms with Gasteiger partial charge in [0.15, 0.2) is 0 Å². The molecule has 4 rings (SSSR count). The molecule has 0 saturated carbocycles. The maximum atomic E-state index is 12.6. The Morgan fingerprint density at radius 1 is 1.34 bits per heavy atom. The van der Waals surface area contributed by atoms with E-state index in [1.54, 1.807) is 24.1 Å². The Balaban J connectivity index is 0.000000360. The zero-order valence-electron chi connectivity index (χ0n) is 17.2. The van der Waals surface area contributed by atoms with Gasteiger partial charge in [-0.05, 0) is 25.8 Å². The second-order valence-electron chi connectivity index (χ2n) is 7.57. The van der Waals surface area contributed by atoms with Gasteiger partial charge in [-0.1, -0.05) is 11.2 Å². The van der Waals surface area contributed by atoms with Crippen LogP contribution >= 0.6 is 0 Å². The molecule has 2 aliphatic heterocycles. The van der Waals surface area contributed by atoms with E-state index in [9.17, 15) is 18.0 Å². The number of hydrogen-bond donors (Lipinski definition) is 1. The number of amides is 1. The van der Waals surface area contributed by atoms with Gasteiger partial charge >= 0.3 is 12.1 Å². The fraction of sp³-hybridized carbons (Fsp3) is 0.500. The molecule has 1 spiro atoms. The molecule has 2 aliphatic rings. The first kappa shape index (κ1) is 23.5. The van der Waals surface area contributed by atoms with E-state index in [2.05, 4.69) is 10.1 Å². The number of carbonyl (C=O) groups excluding carboxylic acids is 1. The summed E-state index contributed by atoms with van der Waals surface area (Å²) >= 11 is 0. The number of likely N-dealkylation sites (tertiary alicyclic amines) is 1. The summed E-state index contributed by atoms with van der Waals surface area (Å²) in [5, 5.41) is 10.9. The number of aromatic nitrogens is 2. The van der Waals surface area contributed by atoms with Crippen LogP contribution in [0.3, 0.4) is 0 Å². The van der Waals surface area contributed by atoms with E-state index in [0.29, 0.717) is 31.3 Å². The predicted octanol–water partition coefficient (Wildman–Crippen LogP) is 2.85. The molecule has 0 radical (unpaired) electrons. The second-order valence-corrected chi connectivity index (χ2v) is 7.57. The lowest BCUT2D eigenvalue weighted by Crippen LogP contribution is -2.50. The Morgan fingerprint density at radius 2 is 2.09 bits per heavy atom. The fourth-order valence-corrected chi connectivity index (χ4v) is 3.64. The van der Waals surface area contributed by atoms with E-state index >= 15 is 0 Å². The summed E-state index contributed by atoms with van der Waals surface area (Å²) in [5.41, 5.74) is 0.360. The molecule has 0 unspecified atom stereocenters. The van der Waals surface area contributed by atoms with Crippen molar-refractivity contribution in [3.63, 3.8) is 0 Å². The number of alkyl halides is 3. The highest BCUT2D eigenvalue weighted by Crippen LogP contribution is 2.36. The third-order valence-corrected chi connectivity index (χ3v) is 5.01. The summed E-state index contributed by atoms with van der Waals surface area (Å²) in [6.07, 6.45) is -0.842. The third-order valence-electron chi connectivity index (χ3n) is 5.01. The largest absolute Gasteiger partial charge is 0.490 e. The number of ether oxygens (including phenoxy) is 2. The van der Waals surface area contributed by atoms with Crippen molar-refractivity contribution < 1.29 is 41.9 Å². The van der Waals surface area contributed by atoms with E-state index in [0.717, 1.165) is 19.3 Å². The van der Waals surface area contributed by atoms with Crippen molar-refractivity contribution in [1.29, 1.82) is 0 Å². The predicted molar refractivity (Wildman–Crippen MR) is 102 cm³/mol. The van der Waals surface area contributed by atoms with Gasteiger partial charge in [0.25, 0.3) is 5.91 Å². The van der Waals surface area contributed by atoms with Crippen LogP contribution < -0.4 is 4.74 Å². The molecule has 2 saturated heterocycles. The lowest BCUT2D eigenvalue weighted by Gasteiger charge is -2.39. The molecule has 1 N–H and O–H groups in total. The maximum Gasteiger partial charge on any atom is 0.490 e. The normalized spacial score (nSPS) is 22.9. The zero-order chi connectivity index (χ0) is 23.4. The van der Waals surface area contributed by atoms with Crippen LogP contribution in [-0.2, 0) is 9.53 Å². The Labute approximate surface area is 181 Å². The maximum absolute atomic E-state index is 12.6. The molecule has 2 aromatic heterocycles. The number of aliphatic carboxylic acids is 1. The molecule has 0 aromatic carbocycles. The van der Waals surface area contributed by atoms with Gasteiger partial charge in [-0.3, -0.25) is 4.79 Å². The average molecular weight is 457 g/mol. The zero-order valence-corrected chi connectivity index (χ0v) is 17.2. The molecule has 2 aromatic rings. The number of carbonyl (C=O) groups is 2. The van der Waals surface area contributed by atoms with Crippen molar-refractivity contribution in [2.75, 3.05) is 19.7 Å². The summed E-state index contributed by atoms with van der Waals surface area (Å²) in [5.74, 6) is -1.99. The summed E-state index contributed by atoms with van der Waals surface area (Å²) in [4.78, 5) is 27.5. The van der Waals surface area contributed by atoms with E-state index in [4.69, 9.17) is 23.9 Å². The molecule has 9 nitrogen and oxygen atoms in total. The van der Waals surface area contributed by atoms with E-state index < -0.39 is 12.1 Å². The third kappa shape index (κ3) is 5.96. The summed E-state index contributed by atoms with van der Waals surface area (Å²) in [6, 6.07) is 7.27. The fourth-order valence-electron chi connectivity index (χ4n) is 3.64. The molecular formula is C20H22F3N3O6. The van der Waals surface area contributed by atoms with Crippen LogP contribution in [0.4, 0.5) is 13.2 Å². The smallest absolute Gasteiger partial charge is 0.475 e. The molecule has 4 heterocycles. The molecule has 12 heteroatoms. The Hall–Kier alpha value is -3.15. The monoisotopic (exact) mass is 457 g/mol. The first-order valence-electron chi connectivity index (χ1n) is 9.82. The van der Waals surface area contributed by atoms with E-state index in [-0.39, 0.29) is 23.4 Å². The number of halogens is 3. The highest BCUT2D eigenvalue weighted by molar-refractivity contribution is 5.91. The van der Waals surface area contributed by atoms with Crippen molar-refractivity contribution >= 4 is 11.9 Å². The number of rotatable bonds is 3. The van der Waals surface area contributed by atoms with Gasteiger partial charge in [0.1, 0.15) is 6.10 Å². The quantitative estimate of drug-likeness (QED) is 0.748.